The minimum Gasteiger partial charge on any atom is -0.357 e. The number of hydrogen-bond donors (Lipinski definition) is 0. The van der Waals surface area contributed by atoms with Crippen LogP contribution in [0.25, 0.3) is 0 Å². The van der Waals surface area contributed by atoms with E-state index in [4.69, 9.17) is 4.74 Å². The first-order valence-electron chi connectivity index (χ1n) is 8.32. The molecule has 0 N–H and O–H groups in total. The lowest BCUT2D eigenvalue weighted by molar-refractivity contribution is 0.0854. The second-order valence-corrected chi connectivity index (χ2v) is 8.54. The Bertz CT molecular complexity index is 568. The van der Waals surface area contributed by atoms with E-state index in [9.17, 15) is 0 Å². The van der Waals surface area contributed by atoms with Gasteiger partial charge in [-0.3, -0.25) is 0 Å². The van der Waals surface area contributed by atoms with Gasteiger partial charge in [0, 0.05) is 0 Å². The van der Waals surface area contributed by atoms with Crippen LogP contribution in [0.2, 0.25) is 0 Å². The van der Waals surface area contributed by atoms with Crippen molar-refractivity contribution in [3.8, 4) is 0 Å². The molecule has 124 valence electrons. The summed E-state index contributed by atoms with van der Waals surface area (Å²) in [6, 6.07) is 0. The predicted molar refractivity (Wildman–Crippen MR) is 100 cm³/mol. The number of ether oxygens (including phenoxy) is 1. The Morgan fingerprint density at radius 2 is 1.09 bits per heavy atom. The first kappa shape index (κ1) is 17.7. The third-order valence-electron chi connectivity index (χ3n) is 4.34. The molecule has 0 aromatic rings. The van der Waals surface area contributed by atoms with E-state index in [1.54, 1.807) is 0 Å². The molecule has 1 nitrogen and oxygen atoms in total. The lowest BCUT2D eigenvalue weighted by atomic mass is 9.81. The van der Waals surface area contributed by atoms with E-state index in [-0.39, 0.29) is 23.0 Å². The monoisotopic (exact) mass is 310 g/mol. The molecule has 0 aliphatic heterocycles. The molecule has 0 saturated heterocycles. The largest absolute Gasteiger partial charge is 0.357 e. The van der Waals surface area contributed by atoms with Gasteiger partial charge in [-0.2, -0.15) is 0 Å². The van der Waals surface area contributed by atoms with Gasteiger partial charge in [0.2, 0.25) is 0 Å². The molecule has 2 atom stereocenters. The lowest BCUT2D eigenvalue weighted by Crippen LogP contribution is -2.25. The van der Waals surface area contributed by atoms with Crippen molar-refractivity contribution in [1.82, 2.24) is 0 Å². The van der Waals surface area contributed by atoms with Crippen molar-refractivity contribution in [3.63, 3.8) is 0 Å². The van der Waals surface area contributed by atoms with Crippen molar-refractivity contribution < 1.29 is 4.74 Å². The van der Waals surface area contributed by atoms with E-state index >= 15 is 0 Å². The van der Waals surface area contributed by atoms with Crippen LogP contribution < -0.4 is 0 Å². The van der Waals surface area contributed by atoms with Crippen molar-refractivity contribution in [3.05, 3.63) is 71.9 Å². The maximum atomic E-state index is 6.22. The summed E-state index contributed by atoms with van der Waals surface area (Å²) < 4.78 is 6.22. The zero-order chi connectivity index (χ0) is 17.4. The standard InChI is InChI=1S/C22H30O/c1-15-13-17(21(3,4)5)9-11-19(15)23-20-12-10-18(14-16(20)2)22(6,7)8/h9-14,19-20H,1-2H2,3-8H3. The maximum Gasteiger partial charge on any atom is 0.102 e. The van der Waals surface area contributed by atoms with Crippen molar-refractivity contribution >= 4 is 0 Å². The molecule has 2 aliphatic rings. The Labute approximate surface area is 141 Å². The van der Waals surface area contributed by atoms with Gasteiger partial charge in [-0.05, 0) is 33.1 Å². The van der Waals surface area contributed by atoms with Crippen LogP contribution in [0.5, 0.6) is 0 Å². The van der Waals surface area contributed by atoms with Crippen LogP contribution in [-0.2, 0) is 4.74 Å². The second kappa shape index (κ2) is 6.13. The van der Waals surface area contributed by atoms with Crippen molar-refractivity contribution in [2.45, 2.75) is 53.8 Å². The summed E-state index contributed by atoms with van der Waals surface area (Å²) in [6.07, 6.45) is 12.7. The van der Waals surface area contributed by atoms with E-state index in [1.165, 1.54) is 11.1 Å². The smallest absolute Gasteiger partial charge is 0.102 e. The van der Waals surface area contributed by atoms with E-state index < -0.39 is 0 Å². The van der Waals surface area contributed by atoms with Gasteiger partial charge in [0.15, 0.2) is 0 Å². The van der Waals surface area contributed by atoms with Gasteiger partial charge in [0.25, 0.3) is 0 Å². The number of rotatable bonds is 2. The highest BCUT2D eigenvalue weighted by Gasteiger charge is 2.25. The highest BCUT2D eigenvalue weighted by atomic mass is 16.5. The summed E-state index contributed by atoms with van der Waals surface area (Å²) in [5.74, 6) is 0. The Balaban J connectivity index is 2.06. The van der Waals surface area contributed by atoms with Gasteiger partial charge >= 0.3 is 0 Å². The maximum absolute atomic E-state index is 6.22. The molecule has 0 saturated carbocycles. The van der Waals surface area contributed by atoms with E-state index in [1.807, 2.05) is 0 Å². The van der Waals surface area contributed by atoms with E-state index in [2.05, 4.69) is 91.2 Å². The van der Waals surface area contributed by atoms with Crippen LogP contribution >= 0.6 is 0 Å². The highest BCUT2D eigenvalue weighted by molar-refractivity contribution is 5.44. The zero-order valence-electron chi connectivity index (χ0n) is 15.4. The Morgan fingerprint density at radius 3 is 1.35 bits per heavy atom. The Kier molecular flexibility index (Phi) is 4.73. The van der Waals surface area contributed by atoms with Crippen LogP contribution in [0.4, 0.5) is 0 Å². The van der Waals surface area contributed by atoms with Gasteiger partial charge in [0.1, 0.15) is 12.2 Å². The average Bonchev–Trinajstić information content (AvgIpc) is 2.40. The molecular formula is C22H30O. The van der Waals surface area contributed by atoms with Gasteiger partial charge in [0.05, 0.1) is 0 Å². The highest BCUT2D eigenvalue weighted by Crippen LogP contribution is 2.34. The fourth-order valence-electron chi connectivity index (χ4n) is 2.65. The summed E-state index contributed by atoms with van der Waals surface area (Å²) in [5.41, 5.74) is 4.84. The van der Waals surface area contributed by atoms with Gasteiger partial charge in [-0.25, -0.2) is 0 Å². The molecule has 23 heavy (non-hydrogen) atoms. The first-order chi connectivity index (χ1) is 10.5. The zero-order valence-corrected chi connectivity index (χ0v) is 15.4. The van der Waals surface area contributed by atoms with Crippen LogP contribution in [-0.4, -0.2) is 12.2 Å². The topological polar surface area (TPSA) is 9.23 Å². The van der Waals surface area contributed by atoms with Crippen molar-refractivity contribution in [2.75, 3.05) is 0 Å². The second-order valence-electron chi connectivity index (χ2n) is 8.54. The molecule has 0 radical (unpaired) electrons. The summed E-state index contributed by atoms with van der Waals surface area (Å²) in [6.45, 7) is 21.6. The molecule has 1 heteroatoms. The number of allylic oxidation sites excluding steroid dienone is 4. The minimum atomic E-state index is -0.0860. The van der Waals surface area contributed by atoms with Crippen LogP contribution in [0, 0.1) is 10.8 Å². The average molecular weight is 310 g/mol. The summed E-state index contributed by atoms with van der Waals surface area (Å²) in [5, 5.41) is 0. The molecule has 0 spiro atoms. The summed E-state index contributed by atoms with van der Waals surface area (Å²) in [7, 11) is 0. The molecule has 2 aliphatic carbocycles. The van der Waals surface area contributed by atoms with Crippen molar-refractivity contribution in [2.24, 2.45) is 10.8 Å². The quantitative estimate of drug-likeness (QED) is 0.613. The van der Waals surface area contributed by atoms with Crippen LogP contribution in [0.3, 0.4) is 0 Å². The van der Waals surface area contributed by atoms with Gasteiger partial charge < -0.3 is 4.74 Å². The Morgan fingerprint density at radius 1 is 0.739 bits per heavy atom. The fraction of sp³-hybridized carbons (Fsp3) is 0.455. The molecule has 0 aromatic heterocycles. The third-order valence-corrected chi connectivity index (χ3v) is 4.34. The molecule has 0 amide bonds. The Hall–Kier alpha value is -1.60. The molecule has 0 aromatic carbocycles. The van der Waals surface area contributed by atoms with E-state index in [0.29, 0.717) is 0 Å². The predicted octanol–water partition coefficient (Wildman–Crippen LogP) is 5.94. The third kappa shape index (κ3) is 4.23. The molecule has 0 fully saturated rings. The summed E-state index contributed by atoms with van der Waals surface area (Å²) in [4.78, 5) is 0. The molecule has 2 rings (SSSR count). The SMILES string of the molecule is C=C1C=C(C(C)(C)C)C=CC1OC1C=CC(C(C)(C)C)=CC1=C. The molecule has 0 bridgehead atoms. The molecule has 2 unspecified atom stereocenters. The van der Waals surface area contributed by atoms with Gasteiger partial charge in [-0.15, -0.1) is 0 Å². The fourth-order valence-corrected chi connectivity index (χ4v) is 2.65. The summed E-state index contributed by atoms with van der Waals surface area (Å²) >= 11 is 0. The first-order valence-corrected chi connectivity index (χ1v) is 8.32. The van der Waals surface area contributed by atoms with E-state index in [0.717, 1.165) is 11.1 Å². The molecular weight excluding hydrogens is 280 g/mol. The number of hydrogen-bond acceptors (Lipinski definition) is 1. The van der Waals surface area contributed by atoms with Crippen LogP contribution in [0.15, 0.2) is 71.9 Å². The van der Waals surface area contributed by atoms with Gasteiger partial charge in [-0.1, -0.05) is 91.2 Å². The normalized spacial score (nSPS) is 25.5. The minimum absolute atomic E-state index is 0.0860. The van der Waals surface area contributed by atoms with Crippen molar-refractivity contribution in [1.29, 1.82) is 0 Å². The molecule has 0 heterocycles. The lowest BCUT2D eigenvalue weighted by Gasteiger charge is -2.31. The van der Waals surface area contributed by atoms with Crippen LogP contribution in [0.1, 0.15) is 41.5 Å².